The lowest BCUT2D eigenvalue weighted by atomic mass is 10.2. The van der Waals surface area contributed by atoms with Gasteiger partial charge in [-0.3, -0.25) is 0 Å². The highest BCUT2D eigenvalue weighted by molar-refractivity contribution is 7.89. The van der Waals surface area contributed by atoms with Gasteiger partial charge in [-0.05, 0) is 23.8 Å². The molecule has 0 heterocycles. The van der Waals surface area contributed by atoms with Crippen LogP contribution in [0.15, 0.2) is 29.2 Å². The molecule has 21 heavy (non-hydrogen) atoms. The van der Waals surface area contributed by atoms with Gasteiger partial charge in [-0.25, -0.2) is 13.2 Å². The van der Waals surface area contributed by atoms with Crippen LogP contribution in [0.25, 0.3) is 6.08 Å². The Morgan fingerprint density at radius 3 is 2.71 bits per heavy atom. The highest BCUT2D eigenvalue weighted by Crippen LogP contribution is 2.25. The number of hydrogen-bond acceptors (Lipinski definition) is 4. The lowest BCUT2D eigenvalue weighted by Crippen LogP contribution is -2.28. The average molecular weight is 329 g/mol. The largest absolute Gasteiger partial charge is 0.478 e. The van der Waals surface area contributed by atoms with Gasteiger partial charge in [0.1, 0.15) is 4.90 Å². The molecule has 1 N–H and O–H groups in total. The minimum atomic E-state index is -3.78. The van der Waals surface area contributed by atoms with Crippen LogP contribution in [-0.2, 0) is 14.8 Å². The van der Waals surface area contributed by atoms with Crippen LogP contribution in [0.1, 0.15) is 12.0 Å². The first kappa shape index (κ1) is 17.2. The molecule has 0 saturated carbocycles. The summed E-state index contributed by atoms with van der Waals surface area (Å²) in [5.41, 5.74) is 0.473. The molecular formula is C13H13ClN2O4S. The number of benzene rings is 1. The molecule has 1 aromatic carbocycles. The first-order valence-electron chi connectivity index (χ1n) is 5.83. The van der Waals surface area contributed by atoms with Crippen molar-refractivity contribution in [1.82, 2.24) is 4.31 Å². The summed E-state index contributed by atoms with van der Waals surface area (Å²) >= 11 is 5.96. The van der Waals surface area contributed by atoms with E-state index in [-0.39, 0.29) is 22.9 Å². The molecular weight excluding hydrogens is 316 g/mol. The summed E-state index contributed by atoms with van der Waals surface area (Å²) in [5.74, 6) is -1.11. The van der Waals surface area contributed by atoms with E-state index >= 15 is 0 Å². The van der Waals surface area contributed by atoms with Crippen molar-refractivity contribution in [3.05, 3.63) is 34.9 Å². The van der Waals surface area contributed by atoms with E-state index in [1.807, 2.05) is 6.07 Å². The Labute approximate surface area is 127 Å². The number of carbonyl (C=O) groups is 1. The predicted molar refractivity (Wildman–Crippen MR) is 78.2 cm³/mol. The van der Waals surface area contributed by atoms with Crippen LogP contribution in [0.4, 0.5) is 0 Å². The fraction of sp³-hybridized carbons (Fsp3) is 0.231. The van der Waals surface area contributed by atoms with E-state index in [0.717, 1.165) is 10.4 Å². The molecule has 0 aliphatic heterocycles. The molecule has 6 nitrogen and oxygen atoms in total. The molecule has 0 fully saturated rings. The number of nitrogens with zero attached hydrogens (tertiary/aromatic N) is 2. The molecule has 0 unspecified atom stereocenters. The molecule has 1 rings (SSSR count). The summed E-state index contributed by atoms with van der Waals surface area (Å²) in [6, 6.07) is 6.00. The summed E-state index contributed by atoms with van der Waals surface area (Å²) in [7, 11) is -2.42. The van der Waals surface area contributed by atoms with Crippen LogP contribution in [0.5, 0.6) is 0 Å². The summed E-state index contributed by atoms with van der Waals surface area (Å²) in [5, 5.41) is 17.0. The summed E-state index contributed by atoms with van der Waals surface area (Å²) < 4.78 is 25.6. The Kier molecular flexibility index (Phi) is 5.90. The second kappa shape index (κ2) is 7.22. The molecule has 0 bridgehead atoms. The number of halogens is 1. The van der Waals surface area contributed by atoms with Gasteiger partial charge in [0.25, 0.3) is 0 Å². The highest BCUT2D eigenvalue weighted by Gasteiger charge is 2.23. The van der Waals surface area contributed by atoms with Crippen LogP contribution in [0.2, 0.25) is 5.02 Å². The maximum Gasteiger partial charge on any atom is 0.328 e. The predicted octanol–water partition coefficient (Wildman–Crippen LogP) is 1.97. The van der Waals surface area contributed by atoms with Gasteiger partial charge in [0.05, 0.1) is 11.1 Å². The van der Waals surface area contributed by atoms with E-state index in [2.05, 4.69) is 0 Å². The lowest BCUT2D eigenvalue weighted by Gasteiger charge is -2.16. The maximum atomic E-state index is 12.3. The molecule has 0 atom stereocenters. The summed E-state index contributed by atoms with van der Waals surface area (Å²) in [6.45, 7) is 0.0653. The molecule has 0 amide bonds. The average Bonchev–Trinajstić information content (AvgIpc) is 2.42. The number of aliphatic carboxylic acids is 1. The normalized spacial score (nSPS) is 11.7. The first-order chi connectivity index (χ1) is 9.78. The van der Waals surface area contributed by atoms with Crippen molar-refractivity contribution in [1.29, 1.82) is 5.26 Å². The monoisotopic (exact) mass is 328 g/mol. The number of carboxylic acid groups (broad SMARTS) is 1. The molecule has 0 radical (unpaired) electrons. The smallest absolute Gasteiger partial charge is 0.328 e. The van der Waals surface area contributed by atoms with E-state index in [1.54, 1.807) is 0 Å². The van der Waals surface area contributed by atoms with E-state index in [0.29, 0.717) is 5.56 Å². The van der Waals surface area contributed by atoms with Gasteiger partial charge >= 0.3 is 5.97 Å². The van der Waals surface area contributed by atoms with Crippen LogP contribution in [0, 0.1) is 11.3 Å². The van der Waals surface area contributed by atoms with Gasteiger partial charge in [0.15, 0.2) is 0 Å². The zero-order valence-electron chi connectivity index (χ0n) is 11.2. The first-order valence-corrected chi connectivity index (χ1v) is 7.64. The number of hydrogen-bond donors (Lipinski definition) is 1. The van der Waals surface area contributed by atoms with E-state index in [4.69, 9.17) is 22.0 Å². The topological polar surface area (TPSA) is 98.5 Å². The van der Waals surface area contributed by atoms with Crippen molar-refractivity contribution in [2.75, 3.05) is 13.6 Å². The third-order valence-electron chi connectivity index (χ3n) is 2.60. The minimum absolute atomic E-state index is 0.00801. The fourth-order valence-electron chi connectivity index (χ4n) is 1.49. The molecule has 0 aromatic heterocycles. The number of rotatable bonds is 6. The Balaban J connectivity index is 3.10. The highest BCUT2D eigenvalue weighted by atomic mass is 35.5. The summed E-state index contributed by atoms with van der Waals surface area (Å²) in [6.07, 6.45) is 2.32. The Bertz CT molecular complexity index is 707. The standard InChI is InChI=1S/C13H13ClN2O4S/c1-16(8-2-7-15)21(19,20)12-5-3-10(9-11(12)14)4-6-13(17)18/h3-6,9H,2,8H2,1H3,(H,17,18). The van der Waals surface area contributed by atoms with Gasteiger partial charge in [0.2, 0.25) is 10.0 Å². The SMILES string of the molecule is CN(CCC#N)S(=O)(=O)c1ccc(C=CC(=O)O)cc1Cl. The van der Waals surface area contributed by atoms with Crippen molar-refractivity contribution in [2.24, 2.45) is 0 Å². The van der Waals surface area contributed by atoms with Crippen LogP contribution in [0.3, 0.4) is 0 Å². The van der Waals surface area contributed by atoms with Gasteiger partial charge in [-0.15, -0.1) is 0 Å². The van der Waals surface area contributed by atoms with Gasteiger partial charge in [0, 0.05) is 26.1 Å². The van der Waals surface area contributed by atoms with Crippen molar-refractivity contribution >= 4 is 33.7 Å². The quantitative estimate of drug-likeness (QED) is 0.805. The third kappa shape index (κ3) is 4.56. The number of nitriles is 1. The maximum absolute atomic E-state index is 12.3. The Morgan fingerprint density at radius 2 is 2.19 bits per heavy atom. The second-order valence-electron chi connectivity index (χ2n) is 4.10. The minimum Gasteiger partial charge on any atom is -0.478 e. The second-order valence-corrected chi connectivity index (χ2v) is 6.52. The van der Waals surface area contributed by atoms with E-state index < -0.39 is 16.0 Å². The Hall–Kier alpha value is -1.88. The third-order valence-corrected chi connectivity index (χ3v) is 4.94. The zero-order valence-corrected chi connectivity index (χ0v) is 12.7. The van der Waals surface area contributed by atoms with E-state index in [1.165, 1.54) is 31.3 Å². The number of carboxylic acids is 1. The molecule has 0 aliphatic carbocycles. The molecule has 1 aromatic rings. The van der Waals surface area contributed by atoms with Crippen molar-refractivity contribution in [3.63, 3.8) is 0 Å². The molecule has 0 spiro atoms. The Morgan fingerprint density at radius 1 is 1.52 bits per heavy atom. The number of sulfonamides is 1. The molecule has 0 saturated heterocycles. The van der Waals surface area contributed by atoms with Gasteiger partial charge < -0.3 is 5.11 Å². The van der Waals surface area contributed by atoms with Crippen LogP contribution >= 0.6 is 11.6 Å². The van der Waals surface area contributed by atoms with Crippen molar-refractivity contribution < 1.29 is 18.3 Å². The molecule has 112 valence electrons. The van der Waals surface area contributed by atoms with E-state index in [9.17, 15) is 13.2 Å². The van der Waals surface area contributed by atoms with Crippen LogP contribution < -0.4 is 0 Å². The van der Waals surface area contributed by atoms with Gasteiger partial charge in [-0.2, -0.15) is 9.57 Å². The molecule has 0 aliphatic rings. The lowest BCUT2D eigenvalue weighted by molar-refractivity contribution is -0.131. The van der Waals surface area contributed by atoms with Crippen molar-refractivity contribution in [2.45, 2.75) is 11.3 Å². The van der Waals surface area contributed by atoms with Crippen molar-refractivity contribution in [3.8, 4) is 6.07 Å². The summed E-state index contributed by atoms with van der Waals surface area (Å²) in [4.78, 5) is 10.3. The van der Waals surface area contributed by atoms with Gasteiger partial charge in [-0.1, -0.05) is 17.7 Å². The fourth-order valence-corrected chi connectivity index (χ4v) is 3.19. The zero-order chi connectivity index (χ0) is 16.0. The van der Waals surface area contributed by atoms with Crippen LogP contribution in [-0.4, -0.2) is 37.4 Å². The molecule has 8 heteroatoms.